The van der Waals surface area contributed by atoms with Gasteiger partial charge < -0.3 is 4.74 Å². The van der Waals surface area contributed by atoms with E-state index in [9.17, 15) is 14.4 Å². The monoisotopic (exact) mass is 424 g/mol. The van der Waals surface area contributed by atoms with Gasteiger partial charge in [-0.3, -0.25) is 14.4 Å². The van der Waals surface area contributed by atoms with Crippen LogP contribution in [0.5, 0.6) is 5.75 Å². The highest BCUT2D eigenvalue weighted by atomic mass is 16.5. The Bertz CT molecular complexity index is 1180. The standard InChI is InChI=1S/C28H24O4/c1-18-16-23(29)26(28(31)20-12-7-4-8-13-20)25(21-14-9-15-22(17-21)32-2)24(18)27(30)19-10-5-3-6-11-19/h3-17,24-26H,1-2H3. The van der Waals surface area contributed by atoms with Crippen LogP contribution in [0.25, 0.3) is 0 Å². The average molecular weight is 424 g/mol. The molecule has 3 atom stereocenters. The Labute approximate surface area is 187 Å². The van der Waals surface area contributed by atoms with E-state index in [4.69, 9.17) is 4.74 Å². The molecule has 1 aliphatic rings. The summed E-state index contributed by atoms with van der Waals surface area (Å²) in [5.41, 5.74) is 2.40. The van der Waals surface area contributed by atoms with Crippen molar-refractivity contribution in [1.29, 1.82) is 0 Å². The molecule has 4 heteroatoms. The highest BCUT2D eigenvalue weighted by molar-refractivity contribution is 6.17. The minimum Gasteiger partial charge on any atom is -0.497 e. The fourth-order valence-corrected chi connectivity index (χ4v) is 4.52. The van der Waals surface area contributed by atoms with Crippen molar-refractivity contribution in [2.24, 2.45) is 11.8 Å². The molecule has 0 heterocycles. The van der Waals surface area contributed by atoms with Crippen molar-refractivity contribution >= 4 is 17.3 Å². The fraction of sp³-hybridized carbons (Fsp3) is 0.179. The van der Waals surface area contributed by atoms with Crippen molar-refractivity contribution in [1.82, 2.24) is 0 Å². The summed E-state index contributed by atoms with van der Waals surface area (Å²) in [6.45, 7) is 1.79. The summed E-state index contributed by atoms with van der Waals surface area (Å²) in [4.78, 5) is 40.5. The lowest BCUT2D eigenvalue weighted by molar-refractivity contribution is -0.118. The number of allylic oxidation sites excluding steroid dienone is 2. The second kappa shape index (κ2) is 9.15. The first-order chi connectivity index (χ1) is 15.5. The van der Waals surface area contributed by atoms with E-state index in [0.717, 1.165) is 5.56 Å². The molecule has 0 fully saturated rings. The summed E-state index contributed by atoms with van der Waals surface area (Å²) >= 11 is 0. The molecular weight excluding hydrogens is 400 g/mol. The van der Waals surface area contributed by atoms with Gasteiger partial charge in [-0.2, -0.15) is 0 Å². The molecule has 0 saturated carbocycles. The number of methoxy groups -OCH3 is 1. The summed E-state index contributed by atoms with van der Waals surface area (Å²) < 4.78 is 5.39. The van der Waals surface area contributed by atoms with Crippen LogP contribution in [0.1, 0.15) is 39.1 Å². The smallest absolute Gasteiger partial charge is 0.174 e. The van der Waals surface area contributed by atoms with Crippen LogP contribution in [-0.4, -0.2) is 24.5 Å². The minimum atomic E-state index is -0.995. The fourth-order valence-electron chi connectivity index (χ4n) is 4.52. The first kappa shape index (κ1) is 21.4. The van der Waals surface area contributed by atoms with Crippen LogP contribution in [0, 0.1) is 11.8 Å². The number of carbonyl (C=O) groups excluding carboxylic acids is 3. The van der Waals surface area contributed by atoms with Gasteiger partial charge >= 0.3 is 0 Å². The van der Waals surface area contributed by atoms with Gasteiger partial charge in [0.05, 0.1) is 18.9 Å². The van der Waals surface area contributed by atoms with Gasteiger partial charge in [0, 0.05) is 17.0 Å². The van der Waals surface area contributed by atoms with Crippen LogP contribution < -0.4 is 4.74 Å². The topological polar surface area (TPSA) is 60.4 Å². The molecular formula is C28H24O4. The number of hydrogen-bond acceptors (Lipinski definition) is 4. The Balaban J connectivity index is 1.89. The summed E-state index contributed by atoms with van der Waals surface area (Å²) in [7, 11) is 1.56. The highest BCUT2D eigenvalue weighted by Gasteiger charge is 2.46. The maximum atomic E-state index is 13.7. The zero-order valence-electron chi connectivity index (χ0n) is 18.0. The average Bonchev–Trinajstić information content (AvgIpc) is 2.84. The summed E-state index contributed by atoms with van der Waals surface area (Å²) in [6, 6.07) is 25.1. The first-order valence-electron chi connectivity index (χ1n) is 10.6. The molecule has 0 amide bonds. The Morgan fingerprint density at radius 2 is 1.31 bits per heavy atom. The predicted molar refractivity (Wildman–Crippen MR) is 123 cm³/mol. The molecule has 0 spiro atoms. The zero-order chi connectivity index (χ0) is 22.7. The quantitative estimate of drug-likeness (QED) is 0.398. The van der Waals surface area contributed by atoms with Crippen LogP contribution in [0.3, 0.4) is 0 Å². The van der Waals surface area contributed by atoms with Crippen molar-refractivity contribution in [3.63, 3.8) is 0 Å². The van der Waals surface area contributed by atoms with Gasteiger partial charge in [-0.05, 0) is 30.7 Å². The molecule has 3 aromatic rings. The van der Waals surface area contributed by atoms with Crippen LogP contribution in [0.15, 0.2) is 96.6 Å². The number of Topliss-reactive ketones (excluding diaryl/α,β-unsaturated/α-hetero) is 2. The molecule has 1 aliphatic carbocycles. The van der Waals surface area contributed by atoms with Crippen molar-refractivity contribution in [2.45, 2.75) is 12.8 Å². The number of ketones is 3. The zero-order valence-corrected chi connectivity index (χ0v) is 18.0. The van der Waals surface area contributed by atoms with E-state index in [2.05, 4.69) is 0 Å². The third kappa shape index (κ3) is 4.04. The van der Waals surface area contributed by atoms with E-state index < -0.39 is 17.8 Å². The molecule has 32 heavy (non-hydrogen) atoms. The number of ether oxygens (including phenoxy) is 1. The summed E-state index contributed by atoms with van der Waals surface area (Å²) in [5, 5.41) is 0. The molecule has 160 valence electrons. The molecule has 0 aromatic heterocycles. The van der Waals surface area contributed by atoms with E-state index in [1.165, 1.54) is 6.08 Å². The van der Waals surface area contributed by atoms with Gasteiger partial charge in [0.25, 0.3) is 0 Å². The number of rotatable bonds is 6. The van der Waals surface area contributed by atoms with E-state index in [1.807, 2.05) is 42.5 Å². The summed E-state index contributed by atoms with van der Waals surface area (Å²) in [6.07, 6.45) is 1.47. The van der Waals surface area contributed by atoms with E-state index >= 15 is 0 Å². The molecule has 3 unspecified atom stereocenters. The predicted octanol–water partition coefficient (Wildman–Crippen LogP) is 5.31. The van der Waals surface area contributed by atoms with Crippen LogP contribution in [-0.2, 0) is 4.79 Å². The Morgan fingerprint density at radius 3 is 1.88 bits per heavy atom. The van der Waals surface area contributed by atoms with Gasteiger partial charge in [0.15, 0.2) is 17.3 Å². The highest BCUT2D eigenvalue weighted by Crippen LogP contribution is 2.44. The lowest BCUT2D eigenvalue weighted by Gasteiger charge is -2.36. The number of carbonyl (C=O) groups is 3. The Hall–Kier alpha value is -3.79. The van der Waals surface area contributed by atoms with Crippen molar-refractivity contribution in [3.05, 3.63) is 113 Å². The number of benzene rings is 3. The van der Waals surface area contributed by atoms with Gasteiger partial charge in [0.1, 0.15) is 5.75 Å². The van der Waals surface area contributed by atoms with E-state index in [-0.39, 0.29) is 17.3 Å². The Kier molecular flexibility index (Phi) is 6.13. The first-order valence-corrected chi connectivity index (χ1v) is 10.6. The molecule has 3 aromatic carbocycles. The third-order valence-corrected chi connectivity index (χ3v) is 6.05. The lowest BCUT2D eigenvalue weighted by Crippen LogP contribution is -2.40. The van der Waals surface area contributed by atoms with Crippen LogP contribution in [0.4, 0.5) is 0 Å². The molecule has 0 bridgehead atoms. The second-order valence-corrected chi connectivity index (χ2v) is 8.01. The van der Waals surface area contributed by atoms with Crippen LogP contribution >= 0.6 is 0 Å². The van der Waals surface area contributed by atoms with E-state index in [1.54, 1.807) is 56.5 Å². The van der Waals surface area contributed by atoms with Gasteiger partial charge in [-0.15, -0.1) is 0 Å². The van der Waals surface area contributed by atoms with Gasteiger partial charge in [-0.1, -0.05) is 78.4 Å². The number of hydrogen-bond donors (Lipinski definition) is 0. The normalized spacial score (nSPS) is 20.4. The largest absolute Gasteiger partial charge is 0.497 e. The lowest BCUT2D eigenvalue weighted by atomic mass is 9.64. The molecule has 0 aliphatic heterocycles. The SMILES string of the molecule is COc1cccc(C2C(C(=O)c3ccccc3)C(=O)C=C(C)C2C(=O)c2ccccc2)c1. The third-order valence-electron chi connectivity index (χ3n) is 6.05. The minimum absolute atomic E-state index is 0.106. The maximum Gasteiger partial charge on any atom is 0.174 e. The van der Waals surface area contributed by atoms with Crippen LogP contribution in [0.2, 0.25) is 0 Å². The molecule has 0 N–H and O–H groups in total. The van der Waals surface area contributed by atoms with Crippen molar-refractivity contribution < 1.29 is 19.1 Å². The van der Waals surface area contributed by atoms with Crippen molar-refractivity contribution in [3.8, 4) is 5.75 Å². The van der Waals surface area contributed by atoms with E-state index in [0.29, 0.717) is 22.4 Å². The Morgan fingerprint density at radius 1 is 0.750 bits per heavy atom. The molecule has 4 rings (SSSR count). The maximum absolute atomic E-state index is 13.7. The van der Waals surface area contributed by atoms with Gasteiger partial charge in [0.2, 0.25) is 0 Å². The molecule has 4 nitrogen and oxygen atoms in total. The molecule has 0 radical (unpaired) electrons. The van der Waals surface area contributed by atoms with Gasteiger partial charge in [-0.25, -0.2) is 0 Å². The summed E-state index contributed by atoms with van der Waals surface area (Å²) in [5.74, 6) is -2.32. The second-order valence-electron chi connectivity index (χ2n) is 8.01. The molecule has 0 saturated heterocycles. The van der Waals surface area contributed by atoms with Crippen molar-refractivity contribution in [2.75, 3.05) is 7.11 Å².